The van der Waals surface area contributed by atoms with Crippen molar-refractivity contribution in [2.24, 2.45) is 7.05 Å². The number of aromatic nitrogens is 3. The maximum absolute atomic E-state index is 5.72. The second kappa shape index (κ2) is 5.66. The summed E-state index contributed by atoms with van der Waals surface area (Å²) in [5, 5.41) is 9.19. The third kappa shape index (κ3) is 2.57. The maximum atomic E-state index is 5.72. The molecule has 4 rings (SSSR count). The minimum absolute atomic E-state index is 0.325. The van der Waals surface area contributed by atoms with Crippen molar-refractivity contribution in [3.63, 3.8) is 0 Å². The molecule has 0 aliphatic carbocycles. The van der Waals surface area contributed by atoms with Crippen molar-refractivity contribution in [3.8, 4) is 5.75 Å². The zero-order chi connectivity index (χ0) is 15.8. The minimum Gasteiger partial charge on any atom is -0.493 e. The molecule has 0 bridgehead atoms. The Morgan fingerprint density at radius 2 is 2.22 bits per heavy atom. The Hall–Kier alpha value is -2.40. The molecule has 1 aromatic carbocycles. The fraction of sp³-hybridized carbons (Fsp3) is 0.333. The molecular formula is C18H20N4O. The molecule has 0 saturated carbocycles. The van der Waals surface area contributed by atoms with Crippen molar-refractivity contribution >= 4 is 11.0 Å². The van der Waals surface area contributed by atoms with Crippen LogP contribution >= 0.6 is 0 Å². The van der Waals surface area contributed by atoms with Crippen LogP contribution in [0.4, 0.5) is 0 Å². The average Bonchev–Trinajstić information content (AvgIpc) is 2.87. The number of rotatable bonds is 3. The molecule has 23 heavy (non-hydrogen) atoms. The summed E-state index contributed by atoms with van der Waals surface area (Å²) in [5.74, 6) is 0.993. The van der Waals surface area contributed by atoms with Gasteiger partial charge < -0.3 is 10.1 Å². The van der Waals surface area contributed by atoms with Crippen LogP contribution in [0.2, 0.25) is 0 Å². The lowest BCUT2D eigenvalue weighted by Crippen LogP contribution is -2.26. The summed E-state index contributed by atoms with van der Waals surface area (Å²) in [5.41, 5.74) is 4.37. The third-order valence-corrected chi connectivity index (χ3v) is 4.43. The van der Waals surface area contributed by atoms with E-state index in [1.165, 1.54) is 11.1 Å². The normalized spacial score (nSPS) is 17.0. The number of nitrogens with one attached hydrogen (secondary N) is 1. The fourth-order valence-electron chi connectivity index (χ4n) is 3.24. The first-order valence-electron chi connectivity index (χ1n) is 7.96. The van der Waals surface area contributed by atoms with E-state index < -0.39 is 0 Å². The summed E-state index contributed by atoms with van der Waals surface area (Å²) in [6.07, 6.45) is 2.92. The smallest absolute Gasteiger partial charge is 0.157 e. The van der Waals surface area contributed by atoms with E-state index in [4.69, 9.17) is 4.74 Å². The molecule has 1 aliphatic rings. The number of benzene rings is 1. The summed E-state index contributed by atoms with van der Waals surface area (Å²) >= 11 is 0. The van der Waals surface area contributed by atoms with Gasteiger partial charge in [-0.2, -0.15) is 5.10 Å². The molecule has 0 radical (unpaired) electrons. The topological polar surface area (TPSA) is 52.0 Å². The molecule has 1 atom stereocenters. The van der Waals surface area contributed by atoms with Crippen LogP contribution in [-0.4, -0.2) is 21.4 Å². The maximum Gasteiger partial charge on any atom is 0.157 e. The Balaban J connectivity index is 1.55. The van der Waals surface area contributed by atoms with E-state index in [-0.39, 0.29) is 0 Å². The average molecular weight is 308 g/mol. The Morgan fingerprint density at radius 1 is 1.35 bits per heavy atom. The molecule has 118 valence electrons. The molecule has 0 fully saturated rings. The van der Waals surface area contributed by atoms with Crippen LogP contribution in [0.25, 0.3) is 11.0 Å². The first kappa shape index (κ1) is 14.2. The molecule has 2 aromatic heterocycles. The monoisotopic (exact) mass is 308 g/mol. The second-order valence-corrected chi connectivity index (χ2v) is 6.03. The van der Waals surface area contributed by atoms with Gasteiger partial charge >= 0.3 is 0 Å². The lowest BCUT2D eigenvalue weighted by Gasteiger charge is -2.26. The predicted octanol–water partition coefficient (Wildman–Crippen LogP) is 2.89. The van der Waals surface area contributed by atoms with Crippen LogP contribution in [0.5, 0.6) is 5.75 Å². The Bertz CT molecular complexity index is 855. The number of fused-ring (bicyclic) bond motifs is 2. The molecule has 3 aromatic rings. The summed E-state index contributed by atoms with van der Waals surface area (Å²) < 4.78 is 7.55. The zero-order valence-corrected chi connectivity index (χ0v) is 13.4. The van der Waals surface area contributed by atoms with Crippen LogP contribution in [0.3, 0.4) is 0 Å². The van der Waals surface area contributed by atoms with Crippen molar-refractivity contribution < 1.29 is 4.74 Å². The Morgan fingerprint density at radius 3 is 3.13 bits per heavy atom. The van der Waals surface area contributed by atoms with Crippen LogP contribution < -0.4 is 10.1 Å². The number of para-hydroxylation sites is 1. The van der Waals surface area contributed by atoms with E-state index in [9.17, 15) is 0 Å². The fourth-order valence-corrected chi connectivity index (χ4v) is 3.24. The highest BCUT2D eigenvalue weighted by molar-refractivity contribution is 5.78. The molecule has 1 N–H and O–H groups in total. The molecular weight excluding hydrogens is 288 g/mol. The molecule has 5 heteroatoms. The summed E-state index contributed by atoms with van der Waals surface area (Å²) in [6.45, 7) is 3.57. The van der Waals surface area contributed by atoms with E-state index in [0.29, 0.717) is 6.04 Å². The minimum atomic E-state index is 0.325. The molecule has 0 amide bonds. The third-order valence-electron chi connectivity index (χ3n) is 4.43. The van der Waals surface area contributed by atoms with Crippen molar-refractivity contribution in [2.75, 3.05) is 6.61 Å². The summed E-state index contributed by atoms with van der Waals surface area (Å²) in [4.78, 5) is 4.55. The number of hydrogen-bond donors (Lipinski definition) is 1. The standard InChI is InChI=1S/C18H20N4O/c1-12-15-9-13(11-20-18(15)22(2)21-12)10-19-16-7-8-23-17-6-4-3-5-14(16)17/h3-6,9,11,16,19H,7-8,10H2,1-2H3/t16-/m1/s1. The van der Waals surface area contributed by atoms with Gasteiger partial charge in [-0.05, 0) is 24.6 Å². The Labute approximate surface area is 135 Å². The Kier molecular flexibility index (Phi) is 3.50. The molecule has 0 saturated heterocycles. The van der Waals surface area contributed by atoms with Crippen LogP contribution in [0.15, 0.2) is 36.5 Å². The van der Waals surface area contributed by atoms with Crippen LogP contribution in [0, 0.1) is 6.92 Å². The highest BCUT2D eigenvalue weighted by Crippen LogP contribution is 2.31. The van der Waals surface area contributed by atoms with E-state index in [1.807, 2.05) is 37.0 Å². The molecule has 0 spiro atoms. The van der Waals surface area contributed by atoms with Gasteiger partial charge in [-0.15, -0.1) is 0 Å². The van der Waals surface area contributed by atoms with Crippen molar-refractivity contribution in [1.82, 2.24) is 20.1 Å². The lowest BCUT2D eigenvalue weighted by atomic mass is 10.0. The number of nitrogens with zero attached hydrogens (tertiary/aromatic N) is 3. The van der Waals surface area contributed by atoms with Gasteiger partial charge in [0.1, 0.15) is 5.75 Å². The van der Waals surface area contributed by atoms with Crippen LogP contribution in [-0.2, 0) is 13.6 Å². The van der Waals surface area contributed by atoms with Crippen molar-refractivity contribution in [2.45, 2.75) is 25.9 Å². The van der Waals surface area contributed by atoms with Crippen molar-refractivity contribution in [3.05, 3.63) is 53.3 Å². The second-order valence-electron chi connectivity index (χ2n) is 6.03. The predicted molar refractivity (Wildman–Crippen MR) is 89.4 cm³/mol. The van der Waals surface area contributed by atoms with Gasteiger partial charge in [-0.25, -0.2) is 4.98 Å². The summed E-state index contributed by atoms with van der Waals surface area (Å²) in [7, 11) is 1.93. The number of aryl methyl sites for hydroxylation is 2. The first-order chi connectivity index (χ1) is 11.2. The van der Waals surface area contributed by atoms with Crippen LogP contribution in [0.1, 0.15) is 29.3 Å². The zero-order valence-electron chi connectivity index (χ0n) is 13.4. The van der Waals surface area contributed by atoms with E-state index >= 15 is 0 Å². The van der Waals surface area contributed by atoms with Gasteiger partial charge in [0.15, 0.2) is 5.65 Å². The van der Waals surface area contributed by atoms with Gasteiger partial charge in [0, 0.05) is 43.2 Å². The van der Waals surface area contributed by atoms with Crippen molar-refractivity contribution in [1.29, 1.82) is 0 Å². The lowest BCUT2D eigenvalue weighted by molar-refractivity contribution is 0.252. The molecule has 5 nitrogen and oxygen atoms in total. The van der Waals surface area contributed by atoms with Gasteiger partial charge in [0.05, 0.1) is 12.3 Å². The molecule has 0 unspecified atom stereocenters. The van der Waals surface area contributed by atoms with E-state index in [0.717, 1.165) is 42.0 Å². The quantitative estimate of drug-likeness (QED) is 0.808. The van der Waals surface area contributed by atoms with Gasteiger partial charge in [-0.1, -0.05) is 18.2 Å². The SMILES string of the molecule is Cc1nn(C)c2ncc(CN[C@@H]3CCOc4ccccc43)cc12. The molecule has 3 heterocycles. The van der Waals surface area contributed by atoms with E-state index in [1.54, 1.807) is 0 Å². The molecule has 1 aliphatic heterocycles. The van der Waals surface area contributed by atoms with Gasteiger partial charge in [0.25, 0.3) is 0 Å². The first-order valence-corrected chi connectivity index (χ1v) is 7.96. The van der Waals surface area contributed by atoms with Gasteiger partial charge in [0.2, 0.25) is 0 Å². The highest BCUT2D eigenvalue weighted by Gasteiger charge is 2.20. The van der Waals surface area contributed by atoms with E-state index in [2.05, 4.69) is 33.6 Å². The highest BCUT2D eigenvalue weighted by atomic mass is 16.5. The summed E-state index contributed by atoms with van der Waals surface area (Å²) in [6, 6.07) is 10.8. The number of hydrogen-bond acceptors (Lipinski definition) is 4. The largest absolute Gasteiger partial charge is 0.493 e. The van der Waals surface area contributed by atoms with Gasteiger partial charge in [-0.3, -0.25) is 4.68 Å². The number of ether oxygens (including phenoxy) is 1. The number of pyridine rings is 1.